The molecule has 74 valence electrons. The first kappa shape index (κ1) is 10.3. The monoisotopic (exact) mass is 181 g/mol. The summed E-state index contributed by atoms with van der Waals surface area (Å²) in [6, 6.07) is 0.231. The Balaban J connectivity index is 2.73. The van der Waals surface area contributed by atoms with Crippen molar-refractivity contribution in [1.29, 1.82) is 0 Å². The second kappa shape index (κ2) is 3.92. The molecule has 1 heterocycles. The number of nitrogens with zero attached hydrogens (tertiary/aromatic N) is 1. The summed E-state index contributed by atoms with van der Waals surface area (Å²) in [5, 5.41) is 7.12. The normalized spacial score (nSPS) is 13.7. The van der Waals surface area contributed by atoms with Crippen molar-refractivity contribution in [2.45, 2.75) is 40.2 Å². The maximum atomic E-state index is 6.00. The molecule has 1 aromatic heterocycles. The van der Waals surface area contributed by atoms with Gasteiger partial charge in [0.05, 0.1) is 5.69 Å². The smallest absolute Gasteiger partial charge is 0.0626 e. The number of aryl methyl sites for hydroxylation is 2. The number of hydrogen-bond donors (Lipinski definition) is 2. The van der Waals surface area contributed by atoms with Gasteiger partial charge in [0.15, 0.2) is 0 Å². The van der Waals surface area contributed by atoms with Crippen LogP contribution in [0.4, 0.5) is 0 Å². The molecule has 0 radical (unpaired) electrons. The predicted octanol–water partition coefficient (Wildman–Crippen LogP) is 1.55. The summed E-state index contributed by atoms with van der Waals surface area (Å²) >= 11 is 0. The van der Waals surface area contributed by atoms with Crippen LogP contribution in [0.5, 0.6) is 0 Å². The first-order valence-corrected chi connectivity index (χ1v) is 4.78. The first-order chi connectivity index (χ1) is 6.02. The standard InChI is InChI=1S/C10H19N3/c1-6(2)10(11)5-9-7(3)12-13-8(9)4/h6,10H,5,11H2,1-4H3,(H,12,13). The molecule has 1 atom stereocenters. The van der Waals surface area contributed by atoms with E-state index in [2.05, 4.69) is 24.0 Å². The molecule has 3 heteroatoms. The van der Waals surface area contributed by atoms with E-state index in [9.17, 15) is 0 Å². The highest BCUT2D eigenvalue weighted by atomic mass is 15.1. The molecule has 1 unspecified atom stereocenters. The van der Waals surface area contributed by atoms with Crippen molar-refractivity contribution in [2.24, 2.45) is 11.7 Å². The van der Waals surface area contributed by atoms with Crippen LogP contribution in [0.25, 0.3) is 0 Å². The molecule has 0 aliphatic rings. The van der Waals surface area contributed by atoms with Gasteiger partial charge in [-0.15, -0.1) is 0 Å². The van der Waals surface area contributed by atoms with Gasteiger partial charge in [-0.2, -0.15) is 5.10 Å². The molecule has 3 nitrogen and oxygen atoms in total. The van der Waals surface area contributed by atoms with Crippen LogP contribution in [0.15, 0.2) is 0 Å². The van der Waals surface area contributed by atoms with Crippen molar-refractivity contribution < 1.29 is 0 Å². The van der Waals surface area contributed by atoms with Crippen molar-refractivity contribution in [3.63, 3.8) is 0 Å². The van der Waals surface area contributed by atoms with Crippen LogP contribution in [0.3, 0.4) is 0 Å². The Morgan fingerprint density at radius 3 is 2.38 bits per heavy atom. The third-order valence-electron chi connectivity index (χ3n) is 2.58. The quantitative estimate of drug-likeness (QED) is 0.743. The van der Waals surface area contributed by atoms with Gasteiger partial charge in [0, 0.05) is 11.7 Å². The Morgan fingerprint density at radius 2 is 2.00 bits per heavy atom. The SMILES string of the molecule is Cc1n[nH]c(C)c1CC(N)C(C)C. The summed E-state index contributed by atoms with van der Waals surface area (Å²) in [5.41, 5.74) is 9.51. The third-order valence-corrected chi connectivity index (χ3v) is 2.58. The van der Waals surface area contributed by atoms with Crippen molar-refractivity contribution >= 4 is 0 Å². The van der Waals surface area contributed by atoms with E-state index in [1.54, 1.807) is 0 Å². The van der Waals surface area contributed by atoms with Gasteiger partial charge in [-0.05, 0) is 31.7 Å². The summed E-state index contributed by atoms with van der Waals surface area (Å²) in [6.07, 6.45) is 0.922. The largest absolute Gasteiger partial charge is 0.327 e. The zero-order chi connectivity index (χ0) is 10.0. The predicted molar refractivity (Wildman–Crippen MR) is 54.6 cm³/mol. The van der Waals surface area contributed by atoms with E-state index in [0.29, 0.717) is 5.92 Å². The number of nitrogens with one attached hydrogen (secondary N) is 1. The molecule has 1 rings (SSSR count). The van der Waals surface area contributed by atoms with Crippen molar-refractivity contribution in [2.75, 3.05) is 0 Å². The number of hydrogen-bond acceptors (Lipinski definition) is 2. The Morgan fingerprint density at radius 1 is 1.38 bits per heavy atom. The van der Waals surface area contributed by atoms with Crippen LogP contribution in [0.2, 0.25) is 0 Å². The topological polar surface area (TPSA) is 54.7 Å². The molecule has 0 fully saturated rings. The fraction of sp³-hybridized carbons (Fsp3) is 0.700. The molecule has 0 aliphatic heterocycles. The number of rotatable bonds is 3. The molecule has 0 spiro atoms. The Bertz CT molecular complexity index is 256. The van der Waals surface area contributed by atoms with E-state index in [-0.39, 0.29) is 6.04 Å². The van der Waals surface area contributed by atoms with Gasteiger partial charge in [-0.1, -0.05) is 13.8 Å². The third kappa shape index (κ3) is 2.31. The molecule has 0 saturated carbocycles. The number of nitrogens with two attached hydrogens (primary N) is 1. The lowest BCUT2D eigenvalue weighted by molar-refractivity contribution is 0.489. The van der Waals surface area contributed by atoms with E-state index >= 15 is 0 Å². The summed E-state index contributed by atoms with van der Waals surface area (Å²) in [7, 11) is 0. The van der Waals surface area contributed by atoms with Crippen LogP contribution in [-0.2, 0) is 6.42 Å². The molecule has 0 aliphatic carbocycles. The Kier molecular flexibility index (Phi) is 3.09. The van der Waals surface area contributed by atoms with Crippen molar-refractivity contribution in [1.82, 2.24) is 10.2 Å². The minimum Gasteiger partial charge on any atom is -0.327 e. The minimum absolute atomic E-state index is 0.231. The number of H-pyrrole nitrogens is 1. The molecule has 3 N–H and O–H groups in total. The lowest BCUT2D eigenvalue weighted by Crippen LogP contribution is -2.29. The summed E-state index contributed by atoms with van der Waals surface area (Å²) in [5.74, 6) is 0.522. The zero-order valence-corrected chi connectivity index (χ0v) is 8.89. The van der Waals surface area contributed by atoms with E-state index in [1.807, 2.05) is 13.8 Å². The summed E-state index contributed by atoms with van der Waals surface area (Å²) < 4.78 is 0. The van der Waals surface area contributed by atoms with Gasteiger partial charge < -0.3 is 5.73 Å². The molecule has 0 amide bonds. The van der Waals surface area contributed by atoms with E-state index in [1.165, 1.54) is 5.56 Å². The van der Waals surface area contributed by atoms with Crippen LogP contribution in [-0.4, -0.2) is 16.2 Å². The summed E-state index contributed by atoms with van der Waals surface area (Å²) in [6.45, 7) is 8.36. The second-order valence-corrected chi connectivity index (χ2v) is 4.02. The minimum atomic E-state index is 0.231. The first-order valence-electron chi connectivity index (χ1n) is 4.78. The van der Waals surface area contributed by atoms with Gasteiger partial charge in [0.25, 0.3) is 0 Å². The molecular formula is C10H19N3. The van der Waals surface area contributed by atoms with Crippen molar-refractivity contribution in [3.8, 4) is 0 Å². The van der Waals surface area contributed by atoms with E-state index < -0.39 is 0 Å². The van der Waals surface area contributed by atoms with E-state index in [0.717, 1.165) is 17.8 Å². The average Bonchev–Trinajstić information content (AvgIpc) is 2.35. The lowest BCUT2D eigenvalue weighted by atomic mass is 9.96. The van der Waals surface area contributed by atoms with Crippen LogP contribution in [0.1, 0.15) is 30.8 Å². The molecule has 0 saturated heterocycles. The van der Waals surface area contributed by atoms with Crippen LogP contribution < -0.4 is 5.73 Å². The van der Waals surface area contributed by atoms with Gasteiger partial charge >= 0.3 is 0 Å². The van der Waals surface area contributed by atoms with Gasteiger partial charge in [0.2, 0.25) is 0 Å². The average molecular weight is 181 g/mol. The Labute approximate surface area is 79.7 Å². The Hall–Kier alpha value is -0.830. The van der Waals surface area contributed by atoms with Gasteiger partial charge in [-0.25, -0.2) is 0 Å². The highest BCUT2D eigenvalue weighted by molar-refractivity contribution is 5.24. The lowest BCUT2D eigenvalue weighted by Gasteiger charge is -2.15. The fourth-order valence-electron chi connectivity index (χ4n) is 1.35. The second-order valence-electron chi connectivity index (χ2n) is 4.02. The fourth-order valence-corrected chi connectivity index (χ4v) is 1.35. The van der Waals surface area contributed by atoms with Gasteiger partial charge in [-0.3, -0.25) is 5.10 Å². The van der Waals surface area contributed by atoms with E-state index in [4.69, 9.17) is 5.73 Å². The van der Waals surface area contributed by atoms with Crippen LogP contribution >= 0.6 is 0 Å². The van der Waals surface area contributed by atoms with Crippen molar-refractivity contribution in [3.05, 3.63) is 17.0 Å². The highest BCUT2D eigenvalue weighted by Gasteiger charge is 2.13. The molecule has 13 heavy (non-hydrogen) atoms. The highest BCUT2D eigenvalue weighted by Crippen LogP contribution is 2.14. The van der Waals surface area contributed by atoms with Crippen LogP contribution in [0, 0.1) is 19.8 Å². The maximum Gasteiger partial charge on any atom is 0.0626 e. The molecule has 0 bridgehead atoms. The maximum absolute atomic E-state index is 6.00. The number of aromatic amines is 1. The molecule has 0 aromatic carbocycles. The zero-order valence-electron chi connectivity index (χ0n) is 8.89. The summed E-state index contributed by atoms with van der Waals surface area (Å²) in [4.78, 5) is 0. The molecule has 1 aromatic rings. The van der Waals surface area contributed by atoms with Gasteiger partial charge in [0.1, 0.15) is 0 Å². The number of aromatic nitrogens is 2. The molecular weight excluding hydrogens is 162 g/mol.